The van der Waals surface area contributed by atoms with E-state index in [1.165, 1.54) is 17.5 Å². The van der Waals surface area contributed by atoms with Crippen molar-refractivity contribution >= 4 is 0 Å². The largest absolute Gasteiger partial charge is 0.329 e. The molecule has 1 aromatic rings. The Bertz CT molecular complexity index is 371. The molecule has 0 aliphatic heterocycles. The second-order valence-corrected chi connectivity index (χ2v) is 5.50. The lowest BCUT2D eigenvalue weighted by atomic mass is 9.77. The minimum absolute atomic E-state index is 0.102. The molecule has 2 N–H and O–H groups in total. The molecule has 1 aliphatic rings. The maximum atomic E-state index is 5.80. The predicted molar refractivity (Wildman–Crippen MR) is 68.7 cm³/mol. The molecule has 2 heteroatoms. The van der Waals surface area contributed by atoms with Crippen molar-refractivity contribution in [2.24, 2.45) is 5.73 Å². The van der Waals surface area contributed by atoms with Crippen LogP contribution in [0.2, 0.25) is 0 Å². The Hall–Kier alpha value is -0.860. The van der Waals surface area contributed by atoms with Gasteiger partial charge < -0.3 is 5.73 Å². The number of hydrogen-bond donors (Lipinski definition) is 1. The van der Waals surface area contributed by atoms with Crippen LogP contribution in [0.4, 0.5) is 0 Å². The van der Waals surface area contributed by atoms with Crippen LogP contribution >= 0.6 is 0 Å². The maximum absolute atomic E-state index is 5.80. The fraction of sp³-hybridized carbons (Fsp3) is 0.571. The van der Waals surface area contributed by atoms with E-state index in [0.29, 0.717) is 12.5 Å². The third-order valence-electron chi connectivity index (χ3n) is 3.99. The molecule has 0 aromatic heterocycles. The highest BCUT2D eigenvalue weighted by atomic mass is 15.2. The van der Waals surface area contributed by atoms with Gasteiger partial charge in [-0.15, -0.1) is 0 Å². The molecule has 88 valence electrons. The molecule has 0 bridgehead atoms. The average molecular weight is 218 g/mol. The van der Waals surface area contributed by atoms with Gasteiger partial charge in [0, 0.05) is 24.5 Å². The summed E-state index contributed by atoms with van der Waals surface area (Å²) in [6.07, 6.45) is 1.22. The molecular formula is C14H22N2. The number of nitrogens with two attached hydrogens (primary N) is 1. The van der Waals surface area contributed by atoms with Gasteiger partial charge in [0.1, 0.15) is 0 Å². The van der Waals surface area contributed by atoms with Crippen LogP contribution in [0.3, 0.4) is 0 Å². The number of nitrogens with zero attached hydrogens (tertiary/aromatic N) is 1. The van der Waals surface area contributed by atoms with Crippen molar-refractivity contribution in [3.63, 3.8) is 0 Å². The highest BCUT2D eigenvalue weighted by Crippen LogP contribution is 2.35. The summed E-state index contributed by atoms with van der Waals surface area (Å²) in [6, 6.07) is 8.76. The molecule has 0 fully saturated rings. The van der Waals surface area contributed by atoms with Crippen molar-refractivity contribution in [3.05, 3.63) is 35.4 Å². The summed E-state index contributed by atoms with van der Waals surface area (Å²) in [5, 5.41) is 0. The lowest BCUT2D eigenvalue weighted by molar-refractivity contribution is 0.149. The van der Waals surface area contributed by atoms with Gasteiger partial charge >= 0.3 is 0 Å². The molecule has 16 heavy (non-hydrogen) atoms. The second kappa shape index (κ2) is 4.19. The van der Waals surface area contributed by atoms with E-state index in [1.807, 2.05) is 0 Å². The Labute approximate surface area is 98.4 Å². The molecule has 2 nitrogen and oxygen atoms in total. The molecule has 0 amide bonds. The summed E-state index contributed by atoms with van der Waals surface area (Å²) < 4.78 is 0. The van der Waals surface area contributed by atoms with E-state index in [1.54, 1.807) is 0 Å². The number of rotatable bonds is 4. The third kappa shape index (κ3) is 2.00. The Kier molecular flexibility index (Phi) is 3.04. The minimum Gasteiger partial charge on any atom is -0.329 e. The number of benzene rings is 1. The van der Waals surface area contributed by atoms with Crippen molar-refractivity contribution in [1.82, 2.24) is 4.90 Å². The van der Waals surface area contributed by atoms with Crippen LogP contribution in [0.1, 0.15) is 30.9 Å². The van der Waals surface area contributed by atoms with E-state index < -0.39 is 0 Å². The van der Waals surface area contributed by atoms with Gasteiger partial charge in [0.2, 0.25) is 0 Å². The standard InChI is InChI=1S/C14H22N2/c1-14(2,10-15)16(3)9-12-8-11-6-4-5-7-13(11)12/h4-7,12H,8-10,15H2,1-3H3. The monoisotopic (exact) mass is 218 g/mol. The molecule has 0 heterocycles. The van der Waals surface area contributed by atoms with Crippen LogP contribution in [0.15, 0.2) is 24.3 Å². The van der Waals surface area contributed by atoms with E-state index in [4.69, 9.17) is 5.73 Å². The van der Waals surface area contributed by atoms with Crippen LogP contribution < -0.4 is 5.73 Å². The molecule has 1 atom stereocenters. The first-order valence-electron chi connectivity index (χ1n) is 6.03. The highest BCUT2D eigenvalue weighted by molar-refractivity contribution is 5.40. The molecule has 0 radical (unpaired) electrons. The summed E-state index contributed by atoms with van der Waals surface area (Å²) in [4.78, 5) is 2.38. The van der Waals surface area contributed by atoms with Crippen molar-refractivity contribution in [2.75, 3.05) is 20.1 Å². The van der Waals surface area contributed by atoms with Crippen LogP contribution in [-0.2, 0) is 6.42 Å². The lowest BCUT2D eigenvalue weighted by Gasteiger charge is -2.40. The van der Waals surface area contributed by atoms with Crippen LogP contribution in [0.5, 0.6) is 0 Å². The van der Waals surface area contributed by atoms with Crippen LogP contribution in [0.25, 0.3) is 0 Å². The topological polar surface area (TPSA) is 29.3 Å². The van der Waals surface area contributed by atoms with Gasteiger partial charge in [0.15, 0.2) is 0 Å². The van der Waals surface area contributed by atoms with Crippen molar-refractivity contribution in [3.8, 4) is 0 Å². The normalized spacial score (nSPS) is 19.4. The molecule has 0 saturated carbocycles. The van der Waals surface area contributed by atoms with E-state index in [9.17, 15) is 0 Å². The first-order valence-corrected chi connectivity index (χ1v) is 6.03. The highest BCUT2D eigenvalue weighted by Gasteiger charge is 2.30. The number of fused-ring (bicyclic) bond motifs is 1. The van der Waals surface area contributed by atoms with E-state index in [2.05, 4.69) is 50.1 Å². The van der Waals surface area contributed by atoms with E-state index in [-0.39, 0.29) is 5.54 Å². The Morgan fingerprint density at radius 3 is 2.69 bits per heavy atom. The summed E-state index contributed by atoms with van der Waals surface area (Å²) in [5.74, 6) is 0.701. The van der Waals surface area contributed by atoms with Gasteiger partial charge in [-0.3, -0.25) is 4.90 Å². The molecule has 2 rings (SSSR count). The first kappa shape index (κ1) is 11.6. The Balaban J connectivity index is 1.99. The quantitative estimate of drug-likeness (QED) is 0.837. The maximum Gasteiger partial charge on any atom is 0.0272 e. The van der Waals surface area contributed by atoms with Crippen LogP contribution in [-0.4, -0.2) is 30.6 Å². The smallest absolute Gasteiger partial charge is 0.0272 e. The van der Waals surface area contributed by atoms with Gasteiger partial charge in [-0.2, -0.15) is 0 Å². The summed E-state index contributed by atoms with van der Waals surface area (Å²) in [7, 11) is 2.17. The fourth-order valence-electron chi connectivity index (χ4n) is 2.26. The average Bonchev–Trinajstić information content (AvgIpc) is 2.25. The predicted octanol–water partition coefficient (Wildman–Crippen LogP) is 2.00. The van der Waals surface area contributed by atoms with Gasteiger partial charge in [-0.05, 0) is 38.4 Å². The van der Waals surface area contributed by atoms with Gasteiger partial charge in [-0.1, -0.05) is 24.3 Å². The van der Waals surface area contributed by atoms with Crippen molar-refractivity contribution in [1.29, 1.82) is 0 Å². The number of likely N-dealkylation sites (N-methyl/N-ethyl adjacent to an activating group) is 1. The first-order chi connectivity index (χ1) is 7.54. The zero-order chi connectivity index (χ0) is 11.8. The van der Waals surface area contributed by atoms with Gasteiger partial charge in [0.05, 0.1) is 0 Å². The summed E-state index contributed by atoms with van der Waals surface area (Å²) in [5.41, 5.74) is 8.95. The zero-order valence-electron chi connectivity index (χ0n) is 10.5. The number of hydrogen-bond acceptors (Lipinski definition) is 2. The Morgan fingerprint density at radius 1 is 1.38 bits per heavy atom. The second-order valence-electron chi connectivity index (χ2n) is 5.50. The molecule has 1 unspecified atom stereocenters. The minimum atomic E-state index is 0.102. The zero-order valence-corrected chi connectivity index (χ0v) is 10.5. The molecule has 1 aromatic carbocycles. The van der Waals surface area contributed by atoms with Gasteiger partial charge in [-0.25, -0.2) is 0 Å². The van der Waals surface area contributed by atoms with Crippen molar-refractivity contribution in [2.45, 2.75) is 31.7 Å². The van der Waals surface area contributed by atoms with Gasteiger partial charge in [0.25, 0.3) is 0 Å². The SMILES string of the molecule is CN(CC1Cc2ccccc21)C(C)(C)CN. The summed E-state index contributed by atoms with van der Waals surface area (Å²) in [6.45, 7) is 6.23. The molecular weight excluding hydrogens is 196 g/mol. The van der Waals surface area contributed by atoms with E-state index >= 15 is 0 Å². The van der Waals surface area contributed by atoms with E-state index in [0.717, 1.165) is 6.54 Å². The van der Waals surface area contributed by atoms with Crippen molar-refractivity contribution < 1.29 is 0 Å². The molecule has 0 saturated heterocycles. The fourth-order valence-corrected chi connectivity index (χ4v) is 2.26. The lowest BCUT2D eigenvalue weighted by Crippen LogP contribution is -2.49. The molecule has 1 aliphatic carbocycles. The Morgan fingerprint density at radius 2 is 2.06 bits per heavy atom. The molecule has 0 spiro atoms. The summed E-state index contributed by atoms with van der Waals surface area (Å²) >= 11 is 0. The van der Waals surface area contributed by atoms with Crippen LogP contribution in [0, 0.1) is 0 Å². The third-order valence-corrected chi connectivity index (χ3v) is 3.99.